The van der Waals surface area contributed by atoms with Crippen LogP contribution in [0.2, 0.25) is 0 Å². The Hall–Kier alpha value is -2.10. The smallest absolute Gasteiger partial charge is 0.167 e. The third kappa shape index (κ3) is 2.46. The van der Waals surface area contributed by atoms with Gasteiger partial charge in [0, 0.05) is 37.0 Å². The van der Waals surface area contributed by atoms with Crippen LogP contribution >= 0.6 is 0 Å². The van der Waals surface area contributed by atoms with Crippen LogP contribution in [0.4, 0.5) is 5.69 Å². The number of benzene rings is 1. The van der Waals surface area contributed by atoms with Gasteiger partial charge in [-0.2, -0.15) is 5.10 Å². The second-order valence-electron chi connectivity index (χ2n) is 5.17. The summed E-state index contributed by atoms with van der Waals surface area (Å²) in [5.41, 5.74) is 4.13. The Morgan fingerprint density at radius 3 is 3.15 bits per heavy atom. The second-order valence-corrected chi connectivity index (χ2v) is 5.17. The first-order valence-electron chi connectivity index (χ1n) is 7.18. The third-order valence-corrected chi connectivity index (χ3v) is 3.77. The highest BCUT2D eigenvalue weighted by Gasteiger charge is 2.17. The lowest BCUT2D eigenvalue weighted by Crippen LogP contribution is -2.16. The zero-order valence-corrected chi connectivity index (χ0v) is 11.7. The van der Waals surface area contributed by atoms with Gasteiger partial charge in [-0.1, -0.05) is 12.1 Å². The minimum atomic E-state index is 0.182. The highest BCUT2D eigenvalue weighted by atomic mass is 16.1. The normalized spacial score (nSPS) is 13.7. The predicted octanol–water partition coefficient (Wildman–Crippen LogP) is 2.69. The molecule has 4 heteroatoms. The van der Waals surface area contributed by atoms with E-state index in [1.807, 2.05) is 29.9 Å². The third-order valence-electron chi connectivity index (χ3n) is 3.77. The van der Waals surface area contributed by atoms with Gasteiger partial charge in [-0.25, -0.2) is 0 Å². The average molecular weight is 269 g/mol. The second kappa shape index (κ2) is 5.49. The van der Waals surface area contributed by atoms with Crippen molar-refractivity contribution in [3.8, 4) is 0 Å². The lowest BCUT2D eigenvalue weighted by Gasteiger charge is -2.20. The van der Waals surface area contributed by atoms with Crippen molar-refractivity contribution in [3.63, 3.8) is 0 Å². The van der Waals surface area contributed by atoms with Crippen molar-refractivity contribution in [2.45, 2.75) is 32.7 Å². The molecule has 0 amide bonds. The fourth-order valence-corrected chi connectivity index (χ4v) is 2.72. The van der Waals surface area contributed by atoms with Gasteiger partial charge in [0.2, 0.25) is 0 Å². The zero-order chi connectivity index (χ0) is 13.9. The molecule has 2 aromatic rings. The summed E-state index contributed by atoms with van der Waals surface area (Å²) in [5.74, 6) is 0.182. The molecule has 0 saturated heterocycles. The Kier molecular flexibility index (Phi) is 3.54. The number of nitrogens with zero attached hydrogens (tertiary/aromatic N) is 2. The Bertz CT molecular complexity index is 630. The molecular weight excluding hydrogens is 250 g/mol. The van der Waals surface area contributed by atoms with Gasteiger partial charge in [-0.15, -0.1) is 0 Å². The molecule has 2 heterocycles. The molecule has 0 spiro atoms. The van der Waals surface area contributed by atoms with Crippen LogP contribution in [-0.2, 0) is 19.4 Å². The Morgan fingerprint density at radius 1 is 1.45 bits per heavy atom. The van der Waals surface area contributed by atoms with Crippen LogP contribution in [0.15, 0.2) is 30.6 Å². The molecule has 4 nitrogen and oxygen atoms in total. The van der Waals surface area contributed by atoms with Gasteiger partial charge in [0.1, 0.15) is 0 Å². The predicted molar refractivity (Wildman–Crippen MR) is 79.2 cm³/mol. The van der Waals surface area contributed by atoms with Crippen LogP contribution in [0, 0.1) is 0 Å². The van der Waals surface area contributed by atoms with Gasteiger partial charge in [0.05, 0.1) is 6.20 Å². The summed E-state index contributed by atoms with van der Waals surface area (Å²) in [6, 6.07) is 5.96. The molecule has 0 atom stereocenters. The van der Waals surface area contributed by atoms with Gasteiger partial charge < -0.3 is 5.32 Å². The molecule has 0 bridgehead atoms. The Balaban J connectivity index is 1.83. The van der Waals surface area contributed by atoms with Crippen LogP contribution in [-0.4, -0.2) is 22.1 Å². The van der Waals surface area contributed by atoms with Crippen LogP contribution in [0.3, 0.4) is 0 Å². The molecule has 1 N–H and O–H groups in total. The van der Waals surface area contributed by atoms with Crippen LogP contribution in [0.1, 0.15) is 34.8 Å². The molecule has 0 unspecified atom stereocenters. The van der Waals surface area contributed by atoms with Gasteiger partial charge in [0.15, 0.2) is 5.78 Å². The van der Waals surface area contributed by atoms with Gasteiger partial charge >= 0.3 is 0 Å². The molecule has 0 saturated carbocycles. The first-order valence-corrected chi connectivity index (χ1v) is 7.18. The number of carbonyl (C=O) groups excluding carboxylic acids is 1. The molecular formula is C16H19N3O. The van der Waals surface area contributed by atoms with E-state index in [9.17, 15) is 4.79 Å². The fourth-order valence-electron chi connectivity index (χ4n) is 2.72. The summed E-state index contributed by atoms with van der Waals surface area (Å²) < 4.78 is 1.85. The molecule has 1 aliphatic rings. The van der Waals surface area contributed by atoms with E-state index in [1.165, 1.54) is 5.56 Å². The summed E-state index contributed by atoms with van der Waals surface area (Å²) >= 11 is 0. The number of aromatic nitrogens is 2. The standard InChI is InChI=1S/C16H19N3O/c1-2-19-11-12(10-18-19)9-16(20)14-5-3-7-15-13(14)6-4-8-17-15/h3,5,7,10-11,17H,2,4,6,8-9H2,1H3. The van der Waals surface area contributed by atoms with E-state index in [2.05, 4.69) is 16.5 Å². The number of carbonyl (C=O) groups is 1. The number of nitrogens with one attached hydrogen (secondary N) is 1. The number of fused-ring (bicyclic) bond motifs is 1. The SMILES string of the molecule is CCn1cc(CC(=O)c2cccc3c2CCCN3)cn1. The number of hydrogen-bond donors (Lipinski definition) is 1. The molecule has 1 aromatic carbocycles. The fraction of sp³-hybridized carbons (Fsp3) is 0.375. The van der Waals surface area contributed by atoms with E-state index in [4.69, 9.17) is 0 Å². The highest BCUT2D eigenvalue weighted by molar-refractivity contribution is 6.00. The van der Waals surface area contributed by atoms with Crippen molar-refractivity contribution in [1.29, 1.82) is 0 Å². The van der Waals surface area contributed by atoms with E-state index in [1.54, 1.807) is 6.20 Å². The molecule has 20 heavy (non-hydrogen) atoms. The highest BCUT2D eigenvalue weighted by Crippen LogP contribution is 2.26. The summed E-state index contributed by atoms with van der Waals surface area (Å²) in [6.07, 6.45) is 6.24. The van der Waals surface area contributed by atoms with Crippen molar-refractivity contribution in [3.05, 3.63) is 47.3 Å². The maximum atomic E-state index is 12.5. The number of anilines is 1. The lowest BCUT2D eigenvalue weighted by molar-refractivity contribution is 0.0992. The monoisotopic (exact) mass is 269 g/mol. The number of ketones is 1. The summed E-state index contributed by atoms with van der Waals surface area (Å²) in [5, 5.41) is 7.59. The van der Waals surface area contributed by atoms with E-state index < -0.39 is 0 Å². The minimum Gasteiger partial charge on any atom is -0.385 e. The molecule has 0 radical (unpaired) electrons. The van der Waals surface area contributed by atoms with Crippen molar-refractivity contribution in [2.75, 3.05) is 11.9 Å². The van der Waals surface area contributed by atoms with E-state index >= 15 is 0 Å². The van der Waals surface area contributed by atoms with E-state index in [-0.39, 0.29) is 5.78 Å². The minimum absolute atomic E-state index is 0.182. The first kappa shape index (κ1) is 12.9. The summed E-state index contributed by atoms with van der Waals surface area (Å²) in [7, 11) is 0. The maximum Gasteiger partial charge on any atom is 0.167 e. The quantitative estimate of drug-likeness (QED) is 0.868. The number of hydrogen-bond acceptors (Lipinski definition) is 3. The number of aryl methyl sites for hydroxylation is 1. The molecule has 0 aliphatic carbocycles. The van der Waals surface area contributed by atoms with Crippen molar-refractivity contribution < 1.29 is 4.79 Å². The van der Waals surface area contributed by atoms with E-state index in [0.29, 0.717) is 6.42 Å². The topological polar surface area (TPSA) is 46.9 Å². The summed E-state index contributed by atoms with van der Waals surface area (Å²) in [4.78, 5) is 12.5. The zero-order valence-electron chi connectivity index (χ0n) is 11.7. The van der Waals surface area contributed by atoms with Crippen LogP contribution in [0.5, 0.6) is 0 Å². The average Bonchev–Trinajstić information content (AvgIpc) is 2.94. The summed E-state index contributed by atoms with van der Waals surface area (Å²) in [6.45, 7) is 3.87. The van der Waals surface area contributed by atoms with Gasteiger partial charge in [-0.3, -0.25) is 9.48 Å². The molecule has 1 aliphatic heterocycles. The van der Waals surface area contributed by atoms with Crippen LogP contribution < -0.4 is 5.32 Å². The number of rotatable bonds is 4. The first-order chi connectivity index (χ1) is 9.78. The molecule has 1 aromatic heterocycles. The van der Waals surface area contributed by atoms with Crippen LogP contribution in [0.25, 0.3) is 0 Å². The van der Waals surface area contributed by atoms with Crippen molar-refractivity contribution in [1.82, 2.24) is 9.78 Å². The molecule has 3 rings (SSSR count). The van der Waals surface area contributed by atoms with Crippen molar-refractivity contribution >= 4 is 11.5 Å². The Morgan fingerprint density at radius 2 is 2.35 bits per heavy atom. The maximum absolute atomic E-state index is 12.5. The lowest BCUT2D eigenvalue weighted by atomic mass is 9.93. The van der Waals surface area contributed by atoms with Crippen molar-refractivity contribution in [2.24, 2.45) is 0 Å². The Labute approximate surface area is 118 Å². The molecule has 0 fully saturated rings. The molecule has 104 valence electrons. The van der Waals surface area contributed by atoms with E-state index in [0.717, 1.165) is 42.7 Å². The number of Topliss-reactive ketones (excluding diaryl/α,β-unsaturated/α-hetero) is 1. The largest absolute Gasteiger partial charge is 0.385 e. The van der Waals surface area contributed by atoms with Gasteiger partial charge in [-0.05, 0) is 37.0 Å². The van der Waals surface area contributed by atoms with Gasteiger partial charge in [0.25, 0.3) is 0 Å².